The second kappa shape index (κ2) is 4.91. The number of anilines is 1. The molecule has 0 fully saturated rings. The van der Waals surface area contributed by atoms with Crippen LogP contribution in [-0.4, -0.2) is 16.5 Å². The van der Waals surface area contributed by atoms with E-state index in [4.69, 9.17) is 0 Å². The highest BCUT2D eigenvalue weighted by atomic mass is 16.2. The summed E-state index contributed by atoms with van der Waals surface area (Å²) in [5.41, 5.74) is 1.22. The molecule has 19 heavy (non-hydrogen) atoms. The summed E-state index contributed by atoms with van der Waals surface area (Å²) >= 11 is 0. The van der Waals surface area contributed by atoms with Gasteiger partial charge in [-0.2, -0.15) is 0 Å². The van der Waals surface area contributed by atoms with E-state index >= 15 is 0 Å². The molecule has 5 heteroatoms. The summed E-state index contributed by atoms with van der Waals surface area (Å²) in [7, 11) is 0. The number of H-pyrrole nitrogens is 2. The highest BCUT2D eigenvalue weighted by Gasteiger charge is 2.09. The summed E-state index contributed by atoms with van der Waals surface area (Å²) in [6.45, 7) is 7.44. The Kier molecular flexibility index (Phi) is 3.46. The third-order valence-corrected chi connectivity index (χ3v) is 2.93. The molecule has 5 nitrogen and oxygen atoms in total. The second-order valence-electron chi connectivity index (χ2n) is 5.91. The Labute approximate surface area is 111 Å². The van der Waals surface area contributed by atoms with Gasteiger partial charge in [-0.1, -0.05) is 20.8 Å². The van der Waals surface area contributed by atoms with E-state index in [-0.39, 0.29) is 5.41 Å². The first-order chi connectivity index (χ1) is 8.85. The first kappa shape index (κ1) is 13.4. The van der Waals surface area contributed by atoms with Gasteiger partial charge in [-0.3, -0.25) is 9.59 Å². The Balaban J connectivity index is 2.20. The molecule has 1 aromatic heterocycles. The molecule has 0 bridgehead atoms. The zero-order chi connectivity index (χ0) is 14.0. The third-order valence-electron chi connectivity index (χ3n) is 2.93. The lowest BCUT2D eigenvalue weighted by Gasteiger charge is -2.18. The highest BCUT2D eigenvalue weighted by Crippen LogP contribution is 2.19. The van der Waals surface area contributed by atoms with Crippen LogP contribution in [0.4, 0.5) is 5.69 Å². The van der Waals surface area contributed by atoms with Crippen LogP contribution in [-0.2, 0) is 0 Å². The van der Waals surface area contributed by atoms with Gasteiger partial charge in [-0.05, 0) is 30.0 Å². The number of hydrogen-bond acceptors (Lipinski definition) is 3. The Hall–Kier alpha value is -2.04. The van der Waals surface area contributed by atoms with Crippen molar-refractivity contribution < 1.29 is 0 Å². The van der Waals surface area contributed by atoms with Crippen LogP contribution in [0, 0.1) is 5.41 Å². The lowest BCUT2D eigenvalue weighted by Crippen LogP contribution is -2.28. The van der Waals surface area contributed by atoms with Crippen LogP contribution in [0.2, 0.25) is 0 Å². The Morgan fingerprint density at radius 1 is 1.05 bits per heavy atom. The fourth-order valence-electron chi connectivity index (χ4n) is 1.81. The lowest BCUT2D eigenvalue weighted by molar-refractivity contribution is 0.390. The lowest BCUT2D eigenvalue weighted by atomic mass is 9.92. The van der Waals surface area contributed by atoms with Crippen molar-refractivity contribution >= 4 is 16.7 Å². The molecule has 0 aliphatic rings. The van der Waals surface area contributed by atoms with E-state index in [9.17, 15) is 9.59 Å². The predicted molar refractivity (Wildman–Crippen MR) is 77.8 cm³/mol. The average molecular weight is 261 g/mol. The minimum atomic E-state index is -0.626. The molecule has 0 amide bonds. The first-order valence-electron chi connectivity index (χ1n) is 6.35. The van der Waals surface area contributed by atoms with Crippen LogP contribution in [0.1, 0.15) is 27.2 Å². The summed E-state index contributed by atoms with van der Waals surface area (Å²) in [5, 5.41) is 3.31. The summed E-state index contributed by atoms with van der Waals surface area (Å²) in [6, 6.07) is 5.50. The van der Waals surface area contributed by atoms with Gasteiger partial charge in [0.2, 0.25) is 0 Å². The van der Waals surface area contributed by atoms with E-state index in [1.165, 1.54) is 0 Å². The van der Waals surface area contributed by atoms with Crippen molar-refractivity contribution in [1.29, 1.82) is 0 Å². The van der Waals surface area contributed by atoms with Gasteiger partial charge in [0.1, 0.15) is 0 Å². The maximum atomic E-state index is 11.3. The van der Waals surface area contributed by atoms with Crippen LogP contribution in [0.25, 0.3) is 11.0 Å². The number of aromatic amines is 2. The maximum absolute atomic E-state index is 11.3. The van der Waals surface area contributed by atoms with Gasteiger partial charge in [0, 0.05) is 12.2 Å². The number of hydrogen-bond donors (Lipinski definition) is 3. The topological polar surface area (TPSA) is 77.8 Å². The normalized spacial score (nSPS) is 11.7. The molecular formula is C14H19N3O2. The Morgan fingerprint density at radius 2 is 1.68 bits per heavy atom. The first-order valence-corrected chi connectivity index (χ1v) is 6.35. The van der Waals surface area contributed by atoms with E-state index in [2.05, 4.69) is 36.1 Å². The summed E-state index contributed by atoms with van der Waals surface area (Å²) in [5.74, 6) is 0. The molecular weight excluding hydrogens is 242 g/mol. The molecule has 2 rings (SSSR count). The van der Waals surface area contributed by atoms with Gasteiger partial charge in [0.05, 0.1) is 11.0 Å². The minimum Gasteiger partial charge on any atom is -0.385 e. The summed E-state index contributed by atoms with van der Waals surface area (Å²) < 4.78 is 0. The standard InChI is InChI=1S/C14H19N3O2/c1-14(2,3)6-7-15-9-4-5-10-11(8-9)17-13(19)12(18)16-10/h4-5,8,15H,6-7H2,1-3H3,(H,16,18)(H,17,19). The molecule has 0 spiro atoms. The smallest absolute Gasteiger partial charge is 0.314 e. The number of nitrogens with one attached hydrogen (secondary N) is 3. The summed E-state index contributed by atoms with van der Waals surface area (Å²) in [6.07, 6.45) is 1.05. The Morgan fingerprint density at radius 3 is 2.32 bits per heavy atom. The maximum Gasteiger partial charge on any atom is 0.314 e. The molecule has 102 valence electrons. The second-order valence-corrected chi connectivity index (χ2v) is 5.91. The van der Waals surface area contributed by atoms with Crippen LogP contribution in [0.5, 0.6) is 0 Å². The number of benzene rings is 1. The zero-order valence-electron chi connectivity index (χ0n) is 11.5. The number of aromatic nitrogens is 2. The molecule has 0 aliphatic heterocycles. The van der Waals surface area contributed by atoms with E-state index in [1.807, 2.05) is 12.1 Å². The van der Waals surface area contributed by atoms with Gasteiger partial charge in [-0.15, -0.1) is 0 Å². The molecule has 0 saturated heterocycles. The van der Waals surface area contributed by atoms with Crippen molar-refractivity contribution in [2.45, 2.75) is 27.2 Å². The molecule has 3 N–H and O–H groups in total. The van der Waals surface area contributed by atoms with E-state index in [1.54, 1.807) is 6.07 Å². The summed E-state index contributed by atoms with van der Waals surface area (Å²) in [4.78, 5) is 27.6. The minimum absolute atomic E-state index is 0.281. The highest BCUT2D eigenvalue weighted by molar-refractivity contribution is 5.78. The van der Waals surface area contributed by atoms with Crippen LogP contribution >= 0.6 is 0 Å². The largest absolute Gasteiger partial charge is 0.385 e. The van der Waals surface area contributed by atoms with Crippen LogP contribution in [0.15, 0.2) is 27.8 Å². The molecule has 0 saturated carbocycles. The molecule has 0 aliphatic carbocycles. The Bertz CT molecular complexity index is 692. The van der Waals surface area contributed by atoms with E-state index in [0.29, 0.717) is 11.0 Å². The van der Waals surface area contributed by atoms with Crippen LogP contribution in [0.3, 0.4) is 0 Å². The van der Waals surface area contributed by atoms with Crippen molar-refractivity contribution in [3.63, 3.8) is 0 Å². The predicted octanol–water partition coefficient (Wildman–Crippen LogP) is 2.06. The average Bonchev–Trinajstić information content (AvgIpc) is 2.29. The molecule has 1 heterocycles. The van der Waals surface area contributed by atoms with Crippen molar-refractivity contribution in [1.82, 2.24) is 9.97 Å². The van der Waals surface area contributed by atoms with E-state index in [0.717, 1.165) is 18.7 Å². The van der Waals surface area contributed by atoms with Crippen molar-refractivity contribution in [3.8, 4) is 0 Å². The third kappa shape index (κ3) is 3.47. The molecule has 0 unspecified atom stereocenters. The molecule has 0 atom stereocenters. The monoisotopic (exact) mass is 261 g/mol. The zero-order valence-corrected chi connectivity index (χ0v) is 11.5. The SMILES string of the molecule is CC(C)(C)CCNc1ccc2[nH]c(=O)c(=O)[nH]c2c1. The molecule has 1 aromatic carbocycles. The van der Waals surface area contributed by atoms with E-state index < -0.39 is 11.1 Å². The molecule has 0 radical (unpaired) electrons. The van der Waals surface area contributed by atoms with Gasteiger partial charge in [0.25, 0.3) is 0 Å². The fraction of sp³-hybridized carbons (Fsp3) is 0.429. The quantitative estimate of drug-likeness (QED) is 0.740. The van der Waals surface area contributed by atoms with Crippen LogP contribution < -0.4 is 16.4 Å². The van der Waals surface area contributed by atoms with Gasteiger partial charge >= 0.3 is 11.1 Å². The van der Waals surface area contributed by atoms with Crippen molar-refractivity contribution in [3.05, 3.63) is 38.9 Å². The van der Waals surface area contributed by atoms with Crippen molar-refractivity contribution in [2.75, 3.05) is 11.9 Å². The van der Waals surface area contributed by atoms with Gasteiger partial charge < -0.3 is 15.3 Å². The van der Waals surface area contributed by atoms with Crippen molar-refractivity contribution in [2.24, 2.45) is 5.41 Å². The van der Waals surface area contributed by atoms with Gasteiger partial charge in [-0.25, -0.2) is 0 Å². The number of fused-ring (bicyclic) bond motifs is 1. The van der Waals surface area contributed by atoms with Gasteiger partial charge in [0.15, 0.2) is 0 Å². The number of rotatable bonds is 3. The fourth-order valence-corrected chi connectivity index (χ4v) is 1.81. The molecule has 2 aromatic rings.